The topological polar surface area (TPSA) is 48.0 Å². The molecule has 0 N–H and O–H groups in total. The van der Waals surface area contributed by atoms with Gasteiger partial charge in [0.1, 0.15) is 5.56 Å². The van der Waals surface area contributed by atoms with Crippen LogP contribution in [0.5, 0.6) is 0 Å². The molecule has 17 heavy (non-hydrogen) atoms. The van der Waals surface area contributed by atoms with Gasteiger partial charge in [-0.15, -0.1) is 0 Å². The average molecular weight is 246 g/mol. The highest BCUT2D eigenvalue weighted by atomic mass is 19.4. The molecule has 0 fully saturated rings. The van der Waals surface area contributed by atoms with Crippen LogP contribution < -0.4 is 5.56 Å². The molecule has 2 rings (SSSR count). The highest BCUT2D eigenvalue weighted by Crippen LogP contribution is 2.35. The summed E-state index contributed by atoms with van der Waals surface area (Å²) in [6.45, 7) is 2.56. The third-order valence-electron chi connectivity index (χ3n) is 2.54. The average Bonchev–Trinajstić information content (AvgIpc) is 2.54. The molecule has 0 aliphatic carbocycles. The second-order valence-corrected chi connectivity index (χ2v) is 3.75. The van der Waals surface area contributed by atoms with Crippen LogP contribution in [-0.4, -0.2) is 9.55 Å². The normalized spacial score (nSPS) is 12.4. The Bertz CT molecular complexity index is 652. The van der Waals surface area contributed by atoms with Crippen LogP contribution in [0.1, 0.15) is 17.0 Å². The first-order valence-electron chi connectivity index (χ1n) is 4.77. The molecule has 0 bridgehead atoms. The molecule has 0 aromatic carbocycles. The van der Waals surface area contributed by atoms with Gasteiger partial charge in [-0.1, -0.05) is 0 Å². The van der Waals surface area contributed by atoms with E-state index < -0.39 is 22.9 Å². The van der Waals surface area contributed by atoms with Crippen molar-refractivity contribution in [2.75, 3.05) is 0 Å². The molecule has 0 saturated carbocycles. The molecule has 0 aliphatic rings. The van der Waals surface area contributed by atoms with Crippen LogP contribution >= 0.6 is 0 Å². The summed E-state index contributed by atoms with van der Waals surface area (Å²) in [7, 11) is 1.36. The zero-order valence-electron chi connectivity index (χ0n) is 9.34. The summed E-state index contributed by atoms with van der Waals surface area (Å²) >= 11 is 0. The lowest BCUT2D eigenvalue weighted by Gasteiger charge is -2.11. The van der Waals surface area contributed by atoms with E-state index in [9.17, 15) is 18.0 Å². The first kappa shape index (κ1) is 11.7. The van der Waals surface area contributed by atoms with Crippen molar-refractivity contribution in [3.63, 3.8) is 0 Å². The Hall–Kier alpha value is -1.79. The minimum absolute atomic E-state index is 0.0890. The zero-order chi connectivity index (χ0) is 13.0. The lowest BCUT2D eigenvalue weighted by molar-refractivity contribution is -0.137. The van der Waals surface area contributed by atoms with Gasteiger partial charge in [0.2, 0.25) is 0 Å². The van der Waals surface area contributed by atoms with E-state index in [-0.39, 0.29) is 17.1 Å². The molecular formula is C10H9F3N2O2. The third-order valence-corrected chi connectivity index (χ3v) is 2.54. The molecule has 7 heteroatoms. The third kappa shape index (κ3) is 1.62. The van der Waals surface area contributed by atoms with E-state index in [1.54, 1.807) is 0 Å². The van der Waals surface area contributed by atoms with Crippen LogP contribution in [0.4, 0.5) is 13.2 Å². The maximum Gasteiger partial charge on any atom is 0.420 e. The summed E-state index contributed by atoms with van der Waals surface area (Å²) < 4.78 is 44.6. The van der Waals surface area contributed by atoms with E-state index in [2.05, 4.69) is 4.98 Å². The summed E-state index contributed by atoms with van der Waals surface area (Å²) in [6, 6.07) is 0. The van der Waals surface area contributed by atoms with Gasteiger partial charge < -0.3 is 4.42 Å². The molecule has 0 radical (unpaired) electrons. The van der Waals surface area contributed by atoms with Crippen molar-refractivity contribution in [3.8, 4) is 0 Å². The Morgan fingerprint density at radius 1 is 1.29 bits per heavy atom. The standard InChI is InChI=1S/C10H9F3N2O2/c1-4-6(10(11,12)13)7-8(14-5(2)17-7)15(3)9(4)16/h1-3H3. The summed E-state index contributed by atoms with van der Waals surface area (Å²) in [5.41, 5.74) is -2.64. The van der Waals surface area contributed by atoms with Crippen molar-refractivity contribution in [3.05, 3.63) is 27.4 Å². The maximum absolute atomic E-state index is 12.9. The molecule has 2 aromatic rings. The van der Waals surface area contributed by atoms with Gasteiger partial charge >= 0.3 is 6.18 Å². The van der Waals surface area contributed by atoms with Gasteiger partial charge in [-0.3, -0.25) is 9.36 Å². The fourth-order valence-corrected chi connectivity index (χ4v) is 1.77. The van der Waals surface area contributed by atoms with Crippen LogP contribution in [0, 0.1) is 13.8 Å². The molecular weight excluding hydrogens is 237 g/mol. The Morgan fingerprint density at radius 3 is 2.41 bits per heavy atom. The Kier molecular flexibility index (Phi) is 2.30. The van der Waals surface area contributed by atoms with Gasteiger partial charge in [-0.25, -0.2) is 0 Å². The van der Waals surface area contributed by atoms with E-state index in [0.717, 1.165) is 11.5 Å². The molecule has 4 nitrogen and oxygen atoms in total. The van der Waals surface area contributed by atoms with Gasteiger partial charge in [0.15, 0.2) is 17.1 Å². The molecule has 0 spiro atoms. The molecule has 2 heterocycles. The lowest BCUT2D eigenvalue weighted by atomic mass is 10.1. The van der Waals surface area contributed by atoms with E-state index in [4.69, 9.17) is 4.42 Å². The minimum atomic E-state index is -4.64. The highest BCUT2D eigenvalue weighted by Gasteiger charge is 2.38. The number of aryl methyl sites for hydroxylation is 2. The summed E-state index contributed by atoms with van der Waals surface area (Å²) in [6.07, 6.45) is -4.64. The first-order valence-corrected chi connectivity index (χ1v) is 4.77. The largest absolute Gasteiger partial charge is 0.439 e. The fourth-order valence-electron chi connectivity index (χ4n) is 1.77. The smallest absolute Gasteiger partial charge is 0.420 e. The number of aromatic nitrogens is 2. The maximum atomic E-state index is 12.9. The van der Waals surface area contributed by atoms with Crippen molar-refractivity contribution < 1.29 is 17.6 Å². The Morgan fingerprint density at radius 2 is 1.88 bits per heavy atom. The fraction of sp³-hybridized carbons (Fsp3) is 0.400. The number of halogens is 3. The lowest BCUT2D eigenvalue weighted by Crippen LogP contribution is -2.24. The van der Waals surface area contributed by atoms with Crippen LogP contribution in [0.25, 0.3) is 11.2 Å². The number of rotatable bonds is 0. The summed E-state index contributed by atoms with van der Waals surface area (Å²) in [5.74, 6) is 0.0890. The number of fused-ring (bicyclic) bond motifs is 1. The van der Waals surface area contributed by atoms with Crippen molar-refractivity contribution in [1.29, 1.82) is 0 Å². The van der Waals surface area contributed by atoms with Gasteiger partial charge in [-0.05, 0) is 6.92 Å². The summed E-state index contributed by atoms with van der Waals surface area (Å²) in [4.78, 5) is 15.4. The van der Waals surface area contributed by atoms with Gasteiger partial charge in [0.25, 0.3) is 5.56 Å². The van der Waals surface area contributed by atoms with Crippen molar-refractivity contribution in [2.24, 2.45) is 7.05 Å². The highest BCUT2D eigenvalue weighted by molar-refractivity contribution is 5.74. The molecule has 2 aromatic heterocycles. The van der Waals surface area contributed by atoms with Crippen molar-refractivity contribution >= 4 is 11.2 Å². The van der Waals surface area contributed by atoms with Crippen LogP contribution in [0.2, 0.25) is 0 Å². The number of hydrogen-bond acceptors (Lipinski definition) is 3. The Labute approximate surface area is 93.7 Å². The SMILES string of the molecule is Cc1nc2c(o1)c(C(F)(F)F)c(C)c(=O)n2C. The number of hydrogen-bond donors (Lipinski definition) is 0. The van der Waals surface area contributed by atoms with E-state index >= 15 is 0 Å². The van der Waals surface area contributed by atoms with Gasteiger partial charge in [0, 0.05) is 19.5 Å². The van der Waals surface area contributed by atoms with Crippen LogP contribution in [-0.2, 0) is 13.2 Å². The Balaban J connectivity index is 3.06. The van der Waals surface area contributed by atoms with E-state index in [1.807, 2.05) is 0 Å². The molecule has 0 atom stereocenters. The van der Waals surface area contributed by atoms with Crippen LogP contribution in [0.15, 0.2) is 9.21 Å². The molecule has 0 aliphatic heterocycles. The monoisotopic (exact) mass is 246 g/mol. The van der Waals surface area contributed by atoms with Crippen LogP contribution in [0.3, 0.4) is 0 Å². The number of oxazole rings is 1. The minimum Gasteiger partial charge on any atom is -0.439 e. The predicted molar refractivity (Wildman–Crippen MR) is 53.7 cm³/mol. The van der Waals surface area contributed by atoms with Crippen molar-refractivity contribution in [2.45, 2.75) is 20.0 Å². The number of alkyl halides is 3. The molecule has 92 valence electrons. The second kappa shape index (κ2) is 3.35. The number of pyridine rings is 1. The molecule has 0 unspecified atom stereocenters. The van der Waals surface area contributed by atoms with Crippen molar-refractivity contribution in [1.82, 2.24) is 9.55 Å². The van der Waals surface area contributed by atoms with E-state index in [1.165, 1.54) is 14.0 Å². The predicted octanol–water partition coefficient (Wildman–Crippen LogP) is 2.16. The second-order valence-electron chi connectivity index (χ2n) is 3.75. The molecule has 0 saturated heterocycles. The zero-order valence-corrected chi connectivity index (χ0v) is 9.34. The summed E-state index contributed by atoms with van der Waals surface area (Å²) in [5, 5.41) is 0. The van der Waals surface area contributed by atoms with E-state index in [0.29, 0.717) is 0 Å². The van der Waals surface area contributed by atoms with Gasteiger partial charge in [0.05, 0.1) is 0 Å². The van der Waals surface area contributed by atoms with Gasteiger partial charge in [-0.2, -0.15) is 18.2 Å². The molecule has 0 amide bonds. The number of nitrogens with zero attached hydrogens (tertiary/aromatic N) is 2. The quantitative estimate of drug-likeness (QED) is 0.715. The first-order chi connectivity index (χ1) is 7.73.